The van der Waals surface area contributed by atoms with Gasteiger partial charge in [0.2, 0.25) is 0 Å². The number of halogens is 2. The lowest BCUT2D eigenvalue weighted by molar-refractivity contribution is 0.0478. The maximum atomic E-state index is 6.11. The van der Waals surface area contributed by atoms with Gasteiger partial charge < -0.3 is 15.0 Å². The Morgan fingerprint density at radius 2 is 2.09 bits per heavy atom. The summed E-state index contributed by atoms with van der Waals surface area (Å²) in [6, 6.07) is 7.93. The fourth-order valence-electron chi connectivity index (χ4n) is 2.39. The van der Waals surface area contributed by atoms with E-state index in [0.717, 1.165) is 48.7 Å². The zero-order valence-electron chi connectivity index (χ0n) is 12.8. The van der Waals surface area contributed by atoms with Gasteiger partial charge in [0.15, 0.2) is 5.96 Å². The SMILES string of the molecule is CN1CCN=C1NCC(OCC1CC1)c1ccc(Cl)cc1.I. The molecule has 1 aliphatic carbocycles. The van der Waals surface area contributed by atoms with Crippen molar-refractivity contribution in [1.29, 1.82) is 0 Å². The average molecular weight is 436 g/mol. The van der Waals surface area contributed by atoms with E-state index in [-0.39, 0.29) is 30.1 Å². The minimum absolute atomic E-state index is 0. The van der Waals surface area contributed by atoms with Crippen LogP contribution in [-0.4, -0.2) is 44.1 Å². The first kappa shape index (κ1) is 17.8. The van der Waals surface area contributed by atoms with Gasteiger partial charge >= 0.3 is 0 Å². The first-order valence-electron chi connectivity index (χ1n) is 7.59. The van der Waals surface area contributed by atoms with E-state index in [9.17, 15) is 0 Å². The highest BCUT2D eigenvalue weighted by atomic mass is 127. The van der Waals surface area contributed by atoms with Crippen LogP contribution >= 0.6 is 35.6 Å². The summed E-state index contributed by atoms with van der Waals surface area (Å²) in [6.45, 7) is 3.43. The summed E-state index contributed by atoms with van der Waals surface area (Å²) in [5, 5.41) is 4.16. The lowest BCUT2D eigenvalue weighted by atomic mass is 10.1. The van der Waals surface area contributed by atoms with E-state index in [1.165, 1.54) is 12.8 Å². The van der Waals surface area contributed by atoms with Crippen LogP contribution in [0.2, 0.25) is 5.02 Å². The van der Waals surface area contributed by atoms with E-state index >= 15 is 0 Å². The molecule has 0 amide bonds. The highest BCUT2D eigenvalue weighted by Gasteiger charge is 2.24. The van der Waals surface area contributed by atoms with Gasteiger partial charge in [0, 0.05) is 25.2 Å². The molecule has 0 radical (unpaired) electrons. The normalized spacial score (nSPS) is 18.6. The minimum Gasteiger partial charge on any atom is -0.371 e. The molecule has 1 heterocycles. The van der Waals surface area contributed by atoms with Gasteiger partial charge in [0.05, 0.1) is 19.3 Å². The summed E-state index contributed by atoms with van der Waals surface area (Å²) in [5.74, 6) is 1.72. The van der Waals surface area contributed by atoms with Gasteiger partial charge in [-0.2, -0.15) is 0 Å². The molecule has 1 unspecified atom stereocenters. The molecule has 1 atom stereocenters. The summed E-state index contributed by atoms with van der Waals surface area (Å²) >= 11 is 5.97. The van der Waals surface area contributed by atoms with Gasteiger partial charge in [-0.3, -0.25) is 4.99 Å². The third kappa shape index (κ3) is 4.99. The summed E-state index contributed by atoms with van der Waals surface area (Å²) in [4.78, 5) is 6.60. The predicted octanol–water partition coefficient (Wildman–Crippen LogP) is 3.32. The van der Waals surface area contributed by atoms with Crippen LogP contribution in [0, 0.1) is 5.92 Å². The van der Waals surface area contributed by atoms with E-state index in [2.05, 4.69) is 22.3 Å². The molecular weight excluding hydrogens is 413 g/mol. The number of rotatable bonds is 6. The topological polar surface area (TPSA) is 36.9 Å². The number of ether oxygens (including phenoxy) is 1. The van der Waals surface area contributed by atoms with Crippen LogP contribution in [0.15, 0.2) is 29.3 Å². The smallest absolute Gasteiger partial charge is 0.193 e. The Balaban J connectivity index is 0.00000176. The first-order valence-corrected chi connectivity index (χ1v) is 7.96. The number of nitrogens with one attached hydrogen (secondary N) is 1. The van der Waals surface area contributed by atoms with Crippen molar-refractivity contribution in [3.63, 3.8) is 0 Å². The standard InChI is InChI=1S/C16H22ClN3O.HI/c1-20-9-8-18-16(20)19-10-15(21-11-12-2-3-12)13-4-6-14(17)7-5-13;/h4-7,12,15H,2-3,8-11H2,1H3,(H,18,19);1H. The number of aliphatic imine (C=N–C) groups is 1. The van der Waals surface area contributed by atoms with Gasteiger partial charge in [-0.1, -0.05) is 23.7 Å². The highest BCUT2D eigenvalue weighted by molar-refractivity contribution is 14.0. The summed E-state index contributed by atoms with van der Waals surface area (Å²) < 4.78 is 6.11. The lowest BCUT2D eigenvalue weighted by Crippen LogP contribution is -2.38. The predicted molar refractivity (Wildman–Crippen MR) is 101 cm³/mol. The molecule has 4 nitrogen and oxygen atoms in total. The van der Waals surface area contributed by atoms with Crippen molar-refractivity contribution in [2.75, 3.05) is 33.3 Å². The van der Waals surface area contributed by atoms with Gasteiger partial charge in [0.25, 0.3) is 0 Å². The zero-order chi connectivity index (χ0) is 14.7. The molecule has 1 aliphatic heterocycles. The number of likely N-dealkylation sites (N-methyl/N-ethyl adjacent to an activating group) is 1. The van der Waals surface area contributed by atoms with Gasteiger partial charge in [-0.15, -0.1) is 24.0 Å². The summed E-state index contributed by atoms with van der Waals surface area (Å²) in [6.07, 6.45) is 2.64. The molecular formula is C16H23ClIN3O. The Kier molecular flexibility index (Phi) is 6.77. The Hall–Kier alpha value is -0.530. The van der Waals surface area contributed by atoms with Crippen molar-refractivity contribution in [2.24, 2.45) is 10.9 Å². The molecule has 1 N–H and O–H groups in total. The van der Waals surface area contributed by atoms with Gasteiger partial charge in [-0.25, -0.2) is 0 Å². The number of hydrogen-bond acceptors (Lipinski definition) is 4. The minimum atomic E-state index is 0. The Morgan fingerprint density at radius 3 is 2.68 bits per heavy atom. The van der Waals surface area contributed by atoms with E-state index < -0.39 is 0 Å². The zero-order valence-corrected chi connectivity index (χ0v) is 15.9. The van der Waals surface area contributed by atoms with Gasteiger partial charge in [-0.05, 0) is 36.5 Å². The van der Waals surface area contributed by atoms with Gasteiger partial charge in [0.1, 0.15) is 0 Å². The van der Waals surface area contributed by atoms with Crippen molar-refractivity contribution < 1.29 is 4.74 Å². The Bertz CT molecular complexity index is 505. The lowest BCUT2D eigenvalue weighted by Gasteiger charge is -2.22. The van der Waals surface area contributed by atoms with E-state index in [0.29, 0.717) is 0 Å². The fourth-order valence-corrected chi connectivity index (χ4v) is 2.52. The second-order valence-electron chi connectivity index (χ2n) is 5.82. The molecule has 1 aromatic rings. The Labute approximate surface area is 154 Å². The summed E-state index contributed by atoms with van der Waals surface area (Å²) in [5.41, 5.74) is 1.16. The molecule has 2 aliphatic rings. The van der Waals surface area contributed by atoms with Crippen LogP contribution in [0.25, 0.3) is 0 Å². The summed E-state index contributed by atoms with van der Waals surface area (Å²) in [7, 11) is 2.06. The number of nitrogens with zero attached hydrogens (tertiary/aromatic N) is 2. The van der Waals surface area contributed by atoms with Crippen molar-refractivity contribution in [1.82, 2.24) is 10.2 Å². The fraction of sp³-hybridized carbons (Fsp3) is 0.562. The highest BCUT2D eigenvalue weighted by Crippen LogP contribution is 2.31. The van der Waals surface area contributed by atoms with E-state index in [4.69, 9.17) is 16.3 Å². The molecule has 0 spiro atoms. The van der Waals surface area contributed by atoms with E-state index in [1.807, 2.05) is 24.3 Å². The molecule has 0 bridgehead atoms. The molecule has 22 heavy (non-hydrogen) atoms. The monoisotopic (exact) mass is 435 g/mol. The third-order valence-corrected chi connectivity index (χ3v) is 4.23. The number of benzene rings is 1. The molecule has 0 saturated heterocycles. The molecule has 122 valence electrons. The molecule has 0 aromatic heterocycles. The second kappa shape index (κ2) is 8.36. The van der Waals surface area contributed by atoms with Crippen molar-refractivity contribution in [3.05, 3.63) is 34.9 Å². The first-order chi connectivity index (χ1) is 10.2. The van der Waals surface area contributed by atoms with E-state index in [1.54, 1.807) is 0 Å². The number of hydrogen-bond donors (Lipinski definition) is 1. The average Bonchev–Trinajstić information content (AvgIpc) is 3.22. The Morgan fingerprint density at radius 1 is 1.36 bits per heavy atom. The van der Waals surface area contributed by atoms with Crippen LogP contribution in [-0.2, 0) is 4.74 Å². The molecule has 1 aromatic carbocycles. The van der Waals surface area contributed by atoms with Crippen LogP contribution in [0.4, 0.5) is 0 Å². The van der Waals surface area contributed by atoms with Crippen molar-refractivity contribution in [2.45, 2.75) is 18.9 Å². The molecule has 3 rings (SSSR count). The third-order valence-electron chi connectivity index (χ3n) is 3.98. The van der Waals surface area contributed by atoms with Crippen molar-refractivity contribution >= 4 is 41.5 Å². The van der Waals surface area contributed by atoms with Crippen molar-refractivity contribution in [3.8, 4) is 0 Å². The molecule has 6 heteroatoms. The quantitative estimate of drug-likeness (QED) is 0.697. The van der Waals surface area contributed by atoms with Crippen LogP contribution in [0.3, 0.4) is 0 Å². The maximum absolute atomic E-state index is 6.11. The second-order valence-corrected chi connectivity index (χ2v) is 6.26. The largest absolute Gasteiger partial charge is 0.371 e. The molecule has 1 saturated carbocycles. The van der Waals surface area contributed by atoms with Crippen LogP contribution in [0.5, 0.6) is 0 Å². The number of guanidine groups is 1. The van der Waals surface area contributed by atoms with Crippen LogP contribution in [0.1, 0.15) is 24.5 Å². The molecule has 1 fully saturated rings. The maximum Gasteiger partial charge on any atom is 0.193 e. The van der Waals surface area contributed by atoms with Crippen LogP contribution < -0.4 is 5.32 Å².